The minimum atomic E-state index is -1.19. The van der Waals surface area contributed by atoms with E-state index in [2.05, 4.69) is 5.29 Å². The maximum atomic E-state index is 13.8. The summed E-state index contributed by atoms with van der Waals surface area (Å²) in [6.45, 7) is 1.28. The second kappa shape index (κ2) is 11.7. The number of rotatable bonds is 10. The number of ether oxygens (including phenoxy) is 2. The summed E-state index contributed by atoms with van der Waals surface area (Å²) in [5, 5.41) is 2.73. The number of amides is 2. The Morgan fingerprint density at radius 2 is 1.55 bits per heavy atom. The highest BCUT2D eigenvalue weighted by Gasteiger charge is 2.68. The van der Waals surface area contributed by atoms with Gasteiger partial charge in [0, 0.05) is 5.88 Å². The van der Waals surface area contributed by atoms with Crippen LogP contribution in [-0.4, -0.2) is 62.4 Å². The predicted molar refractivity (Wildman–Crippen MR) is 150 cm³/mol. The summed E-state index contributed by atoms with van der Waals surface area (Å²) >= 11 is 7.60. The SMILES string of the molecule is CC1(CCl)SC2C(N(N=O)C(=O)COc3ccccc3)C(=O)N2C1C(=O)OC(c1ccccc1)c1ccccc1. The summed E-state index contributed by atoms with van der Waals surface area (Å²) in [5.74, 6) is -1.54. The summed E-state index contributed by atoms with van der Waals surface area (Å²) in [6, 6.07) is 25.0. The fraction of sp³-hybridized carbons (Fsp3) is 0.276. The van der Waals surface area contributed by atoms with Gasteiger partial charge in [0.25, 0.3) is 11.8 Å². The highest BCUT2D eigenvalue weighted by Crippen LogP contribution is 2.53. The van der Waals surface area contributed by atoms with Gasteiger partial charge in [-0.3, -0.25) is 9.59 Å². The number of carbonyl (C=O) groups is 3. The number of fused-ring (bicyclic) bond motifs is 1. The average Bonchev–Trinajstić information content (AvgIpc) is 3.28. The van der Waals surface area contributed by atoms with E-state index in [1.165, 1.54) is 16.7 Å². The molecule has 2 aliphatic heterocycles. The monoisotopic (exact) mass is 579 g/mol. The largest absolute Gasteiger partial charge is 0.484 e. The highest BCUT2D eigenvalue weighted by atomic mass is 35.5. The van der Waals surface area contributed by atoms with Crippen LogP contribution in [0.2, 0.25) is 0 Å². The molecule has 5 rings (SSSR count). The molecule has 206 valence electrons. The molecule has 2 amide bonds. The van der Waals surface area contributed by atoms with Crippen LogP contribution in [0, 0.1) is 4.91 Å². The van der Waals surface area contributed by atoms with Crippen molar-refractivity contribution in [1.29, 1.82) is 0 Å². The Balaban J connectivity index is 1.35. The first-order valence-electron chi connectivity index (χ1n) is 12.6. The molecule has 4 unspecified atom stereocenters. The molecule has 0 N–H and O–H groups in total. The van der Waals surface area contributed by atoms with E-state index in [1.807, 2.05) is 60.7 Å². The van der Waals surface area contributed by atoms with E-state index in [-0.39, 0.29) is 5.88 Å². The second-order valence-corrected chi connectivity index (χ2v) is 11.5. The molecular weight excluding hydrogens is 554 g/mol. The molecule has 0 aliphatic carbocycles. The quantitative estimate of drug-likeness (QED) is 0.114. The molecule has 2 heterocycles. The molecule has 0 saturated carbocycles. The van der Waals surface area contributed by atoms with E-state index in [4.69, 9.17) is 21.1 Å². The average molecular weight is 580 g/mol. The third-order valence-electron chi connectivity index (χ3n) is 6.94. The summed E-state index contributed by atoms with van der Waals surface area (Å²) in [4.78, 5) is 53.1. The minimum absolute atomic E-state index is 0.0192. The summed E-state index contributed by atoms with van der Waals surface area (Å²) in [7, 11) is 0. The molecular formula is C29H26ClN3O6S. The van der Waals surface area contributed by atoms with Gasteiger partial charge in [-0.25, -0.2) is 4.79 Å². The van der Waals surface area contributed by atoms with Crippen molar-refractivity contribution >= 4 is 41.1 Å². The van der Waals surface area contributed by atoms with Gasteiger partial charge in [0.1, 0.15) is 17.2 Å². The Morgan fingerprint density at radius 1 is 1.00 bits per heavy atom. The van der Waals surface area contributed by atoms with Crippen LogP contribution in [0.15, 0.2) is 96.3 Å². The van der Waals surface area contributed by atoms with Gasteiger partial charge >= 0.3 is 5.97 Å². The molecule has 2 fully saturated rings. The Bertz CT molecular complexity index is 1340. The number of benzene rings is 3. The van der Waals surface area contributed by atoms with Crippen LogP contribution < -0.4 is 4.74 Å². The van der Waals surface area contributed by atoms with E-state index in [0.29, 0.717) is 10.8 Å². The lowest BCUT2D eigenvalue weighted by atomic mass is 9.95. The Morgan fingerprint density at radius 3 is 2.08 bits per heavy atom. The van der Waals surface area contributed by atoms with Gasteiger partial charge < -0.3 is 14.4 Å². The lowest BCUT2D eigenvalue weighted by molar-refractivity contribution is -0.172. The molecule has 0 bridgehead atoms. The minimum Gasteiger partial charge on any atom is -0.484 e. The van der Waals surface area contributed by atoms with E-state index in [9.17, 15) is 19.3 Å². The van der Waals surface area contributed by atoms with Crippen LogP contribution in [0.3, 0.4) is 0 Å². The number of carbonyl (C=O) groups excluding carboxylic acids is 3. The van der Waals surface area contributed by atoms with Crippen LogP contribution in [0.1, 0.15) is 24.2 Å². The predicted octanol–water partition coefficient (Wildman–Crippen LogP) is 4.56. The summed E-state index contributed by atoms with van der Waals surface area (Å²) in [5.41, 5.74) is 1.54. The number of β-lactam (4-membered cyclic amide) rings is 1. The summed E-state index contributed by atoms with van der Waals surface area (Å²) < 4.78 is 10.6. The first kappa shape index (κ1) is 27.7. The molecule has 3 aromatic rings. The van der Waals surface area contributed by atoms with Crippen molar-refractivity contribution < 1.29 is 23.9 Å². The van der Waals surface area contributed by atoms with Crippen molar-refractivity contribution in [2.45, 2.75) is 35.2 Å². The number of alkyl halides is 1. The number of para-hydroxylation sites is 1. The van der Waals surface area contributed by atoms with Crippen molar-refractivity contribution in [2.24, 2.45) is 5.29 Å². The second-order valence-electron chi connectivity index (χ2n) is 9.61. The maximum Gasteiger partial charge on any atom is 0.331 e. The third kappa shape index (κ3) is 5.16. The van der Waals surface area contributed by atoms with Gasteiger partial charge in [0.2, 0.25) is 0 Å². The fourth-order valence-electron chi connectivity index (χ4n) is 4.94. The Kier molecular flexibility index (Phi) is 8.09. The number of esters is 1. The van der Waals surface area contributed by atoms with E-state index in [0.717, 1.165) is 11.1 Å². The Labute approximate surface area is 240 Å². The molecule has 0 spiro atoms. The zero-order valence-corrected chi connectivity index (χ0v) is 23.0. The molecule has 4 atom stereocenters. The fourth-order valence-corrected chi connectivity index (χ4v) is 6.93. The Hall–Kier alpha value is -3.89. The van der Waals surface area contributed by atoms with Crippen LogP contribution in [0.5, 0.6) is 5.75 Å². The first-order chi connectivity index (χ1) is 19.4. The number of halogens is 1. The lowest BCUT2D eigenvalue weighted by Gasteiger charge is -2.45. The van der Waals surface area contributed by atoms with Crippen molar-refractivity contribution in [3.05, 3.63) is 107 Å². The molecule has 3 aromatic carbocycles. The lowest BCUT2D eigenvalue weighted by Crippen LogP contribution is -2.71. The number of hydrogen-bond donors (Lipinski definition) is 0. The number of nitroso groups, excluding NO2 is 1. The van der Waals surface area contributed by atoms with Crippen molar-refractivity contribution in [3.63, 3.8) is 0 Å². The molecule has 9 nitrogen and oxygen atoms in total. The molecule has 2 aliphatic rings. The van der Waals surface area contributed by atoms with E-state index < -0.39 is 52.7 Å². The van der Waals surface area contributed by atoms with Gasteiger partial charge in [0.15, 0.2) is 18.8 Å². The van der Waals surface area contributed by atoms with Gasteiger partial charge in [-0.2, -0.15) is 5.01 Å². The number of hydrogen-bond acceptors (Lipinski definition) is 8. The van der Waals surface area contributed by atoms with Gasteiger partial charge in [-0.15, -0.1) is 28.3 Å². The van der Waals surface area contributed by atoms with Crippen LogP contribution in [-0.2, 0) is 19.1 Å². The normalized spacial score (nSPS) is 23.2. The van der Waals surface area contributed by atoms with Gasteiger partial charge in [-0.05, 0) is 30.2 Å². The number of nitrogens with zero attached hydrogens (tertiary/aromatic N) is 3. The maximum absolute atomic E-state index is 13.8. The molecule has 11 heteroatoms. The van der Waals surface area contributed by atoms with Crippen LogP contribution >= 0.6 is 23.4 Å². The van der Waals surface area contributed by atoms with Gasteiger partial charge in [-0.1, -0.05) is 78.9 Å². The van der Waals surface area contributed by atoms with Crippen molar-refractivity contribution in [1.82, 2.24) is 9.91 Å². The van der Waals surface area contributed by atoms with E-state index in [1.54, 1.807) is 37.3 Å². The van der Waals surface area contributed by atoms with Crippen LogP contribution in [0.4, 0.5) is 0 Å². The highest BCUT2D eigenvalue weighted by molar-refractivity contribution is 8.01. The molecule has 2 saturated heterocycles. The first-order valence-corrected chi connectivity index (χ1v) is 14.0. The zero-order valence-electron chi connectivity index (χ0n) is 21.5. The molecule has 0 radical (unpaired) electrons. The zero-order chi connectivity index (χ0) is 28.3. The number of thioether (sulfide) groups is 1. The standard InChI is InChI=1S/C29H26ClN3O6S/c1-29(18-30)25(28(36)39-24(19-11-5-2-6-12-19)20-13-7-3-8-14-20)32-26(35)23(27(32)40-29)33(31-37)22(34)17-38-21-15-9-4-10-16-21/h2-16,23-25,27H,17-18H2,1H3. The smallest absolute Gasteiger partial charge is 0.331 e. The summed E-state index contributed by atoms with van der Waals surface area (Å²) in [6.07, 6.45) is -0.712. The third-order valence-corrected chi connectivity index (χ3v) is 9.28. The van der Waals surface area contributed by atoms with Crippen LogP contribution in [0.25, 0.3) is 0 Å². The van der Waals surface area contributed by atoms with Crippen molar-refractivity contribution in [2.75, 3.05) is 12.5 Å². The molecule has 40 heavy (non-hydrogen) atoms. The van der Waals surface area contributed by atoms with Gasteiger partial charge in [0.05, 0.1) is 10.0 Å². The molecule has 0 aromatic heterocycles. The van der Waals surface area contributed by atoms with E-state index >= 15 is 0 Å². The topological polar surface area (TPSA) is 106 Å². The van der Waals surface area contributed by atoms with Crippen molar-refractivity contribution in [3.8, 4) is 5.75 Å².